The number of hydrogen-bond donors (Lipinski definition) is 5. The van der Waals surface area contributed by atoms with Crippen LogP contribution in [0.5, 0.6) is 17.2 Å². The van der Waals surface area contributed by atoms with Crippen LogP contribution in [0, 0.1) is 17.0 Å². The normalized spacial score (nSPS) is 11.0. The number of nitrogens with one attached hydrogen (secondary N) is 3. The number of carbonyl (C=O) groups is 3. The van der Waals surface area contributed by atoms with Crippen LogP contribution in [0.4, 0.5) is 19.3 Å². The van der Waals surface area contributed by atoms with Gasteiger partial charge in [0.05, 0.1) is 24.4 Å². The van der Waals surface area contributed by atoms with Gasteiger partial charge in [-0.15, -0.1) is 0 Å². The van der Waals surface area contributed by atoms with Crippen molar-refractivity contribution in [2.24, 2.45) is 10.4 Å². The lowest BCUT2D eigenvalue weighted by molar-refractivity contribution is -0.146. The smallest absolute Gasteiger partial charge is 0.321 e. The molecule has 2 aromatic carbocycles. The minimum absolute atomic E-state index is 0.00438. The Morgan fingerprint density at radius 1 is 1.08 bits per heavy atom. The Bertz CT molecular complexity index is 1320. The number of pyridine rings is 1. The maximum Gasteiger partial charge on any atom is 0.321 e. The van der Waals surface area contributed by atoms with E-state index in [2.05, 4.69) is 25.9 Å². The number of phenolic OH excluding ortho intramolecular Hbond substituents is 1. The molecule has 39 heavy (non-hydrogen) atoms. The zero-order valence-electron chi connectivity index (χ0n) is 21.1. The second-order valence-electron chi connectivity index (χ2n) is 8.54. The van der Waals surface area contributed by atoms with Crippen molar-refractivity contribution in [2.75, 3.05) is 11.9 Å². The van der Waals surface area contributed by atoms with Crippen molar-refractivity contribution in [3.8, 4) is 17.2 Å². The predicted octanol–water partition coefficient (Wildman–Crippen LogP) is 4.05. The molecule has 0 saturated carbocycles. The third-order valence-electron chi connectivity index (χ3n) is 4.93. The maximum absolute atomic E-state index is 14.7. The number of benzene rings is 2. The van der Waals surface area contributed by atoms with Gasteiger partial charge in [0.2, 0.25) is 5.96 Å². The average molecular weight is 544 g/mol. The first-order valence-corrected chi connectivity index (χ1v) is 11.3. The van der Waals surface area contributed by atoms with Crippen LogP contribution >= 0.6 is 0 Å². The second kappa shape index (κ2) is 14.0. The van der Waals surface area contributed by atoms with E-state index in [1.807, 2.05) is 6.79 Å². The number of rotatable bonds is 8. The van der Waals surface area contributed by atoms with Gasteiger partial charge >= 0.3 is 12.0 Å². The summed E-state index contributed by atoms with van der Waals surface area (Å²) < 4.78 is 33.3. The third kappa shape index (κ3) is 9.72. The van der Waals surface area contributed by atoms with E-state index in [-0.39, 0.29) is 42.0 Å². The fourth-order valence-corrected chi connectivity index (χ4v) is 2.78. The summed E-state index contributed by atoms with van der Waals surface area (Å²) in [4.78, 5) is 39.7. The van der Waals surface area contributed by atoms with Gasteiger partial charge in [0.1, 0.15) is 24.1 Å². The first-order chi connectivity index (χ1) is 18.5. The summed E-state index contributed by atoms with van der Waals surface area (Å²) in [6.45, 7) is 4.87. The van der Waals surface area contributed by atoms with E-state index < -0.39 is 29.0 Å². The number of aromatic nitrogens is 1. The number of halogens is 2. The highest BCUT2D eigenvalue weighted by Gasteiger charge is 2.27. The number of nitrogens with zero attached hydrogens (tertiary/aromatic N) is 2. The standard InChI is InChI=1S/C25H25F2N5O5.CH2O/c1-25(2,22(34)35)14-30-23(32-24(36)29-11-15-3-6-18(33)7-4-15)31-17-5-8-21(20(27)10-17)37-19-9-16(26)12-28-13-19;1-2/h3-10,12-13,33H,11,14H2,1-2H3,(H,34,35)(H3,29,30,31,32,36);1H2. The van der Waals surface area contributed by atoms with Gasteiger partial charge in [-0.3, -0.25) is 20.1 Å². The number of amides is 2. The molecule has 0 aliphatic heterocycles. The Hall–Kier alpha value is -5.07. The predicted molar refractivity (Wildman–Crippen MR) is 139 cm³/mol. The molecular formula is C26H27F2N5O6. The van der Waals surface area contributed by atoms with E-state index in [1.54, 1.807) is 12.1 Å². The van der Waals surface area contributed by atoms with Crippen molar-refractivity contribution >= 4 is 30.4 Å². The molecule has 0 aliphatic carbocycles. The van der Waals surface area contributed by atoms with Gasteiger partial charge in [-0.2, -0.15) is 0 Å². The molecule has 1 heterocycles. The van der Waals surface area contributed by atoms with Gasteiger partial charge < -0.3 is 30.4 Å². The van der Waals surface area contributed by atoms with E-state index in [9.17, 15) is 28.6 Å². The summed E-state index contributed by atoms with van der Waals surface area (Å²) in [5.74, 6) is -2.75. The van der Waals surface area contributed by atoms with Gasteiger partial charge in [0.15, 0.2) is 11.6 Å². The number of anilines is 1. The Morgan fingerprint density at radius 2 is 1.77 bits per heavy atom. The molecule has 3 rings (SSSR count). The number of ether oxygens (including phenoxy) is 1. The van der Waals surface area contributed by atoms with E-state index in [4.69, 9.17) is 9.53 Å². The second-order valence-corrected chi connectivity index (χ2v) is 8.54. The largest absolute Gasteiger partial charge is 0.508 e. The number of urea groups is 1. The quantitative estimate of drug-likeness (QED) is 0.210. The molecule has 0 saturated heterocycles. The number of aliphatic imine (C=N–C) groups is 1. The van der Waals surface area contributed by atoms with Crippen LogP contribution in [0.3, 0.4) is 0 Å². The van der Waals surface area contributed by atoms with Crippen LogP contribution in [-0.2, 0) is 16.1 Å². The van der Waals surface area contributed by atoms with Crippen LogP contribution in [0.25, 0.3) is 0 Å². The molecule has 0 bridgehead atoms. The van der Waals surface area contributed by atoms with Crippen LogP contribution in [0.1, 0.15) is 19.4 Å². The monoisotopic (exact) mass is 543 g/mol. The molecule has 13 heteroatoms. The van der Waals surface area contributed by atoms with Crippen LogP contribution in [-0.4, -0.2) is 46.5 Å². The number of guanidine groups is 1. The number of carboxylic acid groups (broad SMARTS) is 1. The highest BCUT2D eigenvalue weighted by Crippen LogP contribution is 2.26. The molecule has 5 N–H and O–H groups in total. The summed E-state index contributed by atoms with van der Waals surface area (Å²) >= 11 is 0. The summed E-state index contributed by atoms with van der Waals surface area (Å²) in [5, 5.41) is 26.6. The van der Waals surface area contributed by atoms with Crippen LogP contribution in [0.15, 0.2) is 65.9 Å². The molecule has 0 radical (unpaired) electrons. The minimum Gasteiger partial charge on any atom is -0.508 e. The first kappa shape index (κ1) is 30.2. The van der Waals surface area contributed by atoms with Gasteiger partial charge in [0.25, 0.3) is 0 Å². The molecule has 0 unspecified atom stereocenters. The molecule has 3 aromatic rings. The Morgan fingerprint density at radius 3 is 2.38 bits per heavy atom. The molecular weight excluding hydrogens is 516 g/mol. The van der Waals surface area contributed by atoms with Crippen molar-refractivity contribution in [2.45, 2.75) is 20.4 Å². The minimum atomic E-state index is -1.24. The van der Waals surface area contributed by atoms with Crippen LogP contribution < -0.4 is 20.7 Å². The molecule has 0 atom stereocenters. The van der Waals surface area contributed by atoms with Crippen molar-refractivity contribution < 1.29 is 38.1 Å². The van der Waals surface area contributed by atoms with Crippen molar-refractivity contribution in [1.29, 1.82) is 0 Å². The van der Waals surface area contributed by atoms with Gasteiger partial charge in [-0.1, -0.05) is 12.1 Å². The Balaban J connectivity index is 0.00000260. The number of phenols is 1. The lowest BCUT2D eigenvalue weighted by Crippen LogP contribution is -2.43. The van der Waals surface area contributed by atoms with Gasteiger partial charge in [-0.05, 0) is 43.7 Å². The van der Waals surface area contributed by atoms with E-state index in [0.29, 0.717) is 0 Å². The van der Waals surface area contributed by atoms with E-state index in [1.165, 1.54) is 44.3 Å². The molecule has 2 amide bonds. The SMILES string of the molecule is C=O.CC(C)(CN=C(NC(=O)NCc1ccc(O)cc1)Nc1ccc(Oc2cncc(F)c2)c(F)c1)C(=O)O. The topological polar surface area (TPSA) is 162 Å². The number of aliphatic carboxylic acids is 1. The Kier molecular flexibility index (Phi) is 10.8. The van der Waals surface area contributed by atoms with Gasteiger partial charge in [-0.25, -0.2) is 13.6 Å². The maximum atomic E-state index is 14.7. The molecule has 0 aliphatic rings. The number of carbonyl (C=O) groups excluding carboxylic acids is 2. The molecule has 1 aromatic heterocycles. The molecule has 0 fully saturated rings. The van der Waals surface area contributed by atoms with E-state index in [0.717, 1.165) is 23.9 Å². The molecule has 11 nitrogen and oxygen atoms in total. The molecule has 206 valence electrons. The summed E-state index contributed by atoms with van der Waals surface area (Å²) in [6, 6.07) is 10.4. The highest BCUT2D eigenvalue weighted by atomic mass is 19.1. The Labute approximate surface area is 222 Å². The lowest BCUT2D eigenvalue weighted by atomic mass is 9.94. The van der Waals surface area contributed by atoms with Crippen molar-refractivity contribution in [3.63, 3.8) is 0 Å². The summed E-state index contributed by atoms with van der Waals surface area (Å²) in [5.41, 5.74) is -0.343. The zero-order chi connectivity index (χ0) is 29.0. The summed E-state index contributed by atoms with van der Waals surface area (Å²) in [6.07, 6.45) is 2.21. The average Bonchev–Trinajstić information content (AvgIpc) is 2.90. The number of carboxylic acids is 1. The molecule has 0 spiro atoms. The lowest BCUT2D eigenvalue weighted by Gasteiger charge is -2.18. The number of aromatic hydroxyl groups is 1. The zero-order valence-corrected chi connectivity index (χ0v) is 21.1. The van der Waals surface area contributed by atoms with Crippen molar-refractivity contribution in [1.82, 2.24) is 15.6 Å². The van der Waals surface area contributed by atoms with Gasteiger partial charge in [0, 0.05) is 24.4 Å². The fourth-order valence-electron chi connectivity index (χ4n) is 2.78. The van der Waals surface area contributed by atoms with Crippen LogP contribution in [0.2, 0.25) is 0 Å². The van der Waals surface area contributed by atoms with E-state index >= 15 is 0 Å². The third-order valence-corrected chi connectivity index (χ3v) is 4.93. The van der Waals surface area contributed by atoms with Crippen molar-refractivity contribution in [3.05, 3.63) is 78.1 Å². The highest BCUT2D eigenvalue weighted by molar-refractivity contribution is 6.03. The first-order valence-electron chi connectivity index (χ1n) is 11.3. The number of hydrogen-bond acceptors (Lipinski definition) is 7. The summed E-state index contributed by atoms with van der Waals surface area (Å²) in [7, 11) is 0. The fraction of sp³-hybridized carbons (Fsp3) is 0.192.